The molecule has 0 aliphatic rings. The second-order valence-electron chi connectivity index (χ2n) is 4.14. The third kappa shape index (κ3) is 3.50. The van der Waals surface area contributed by atoms with Gasteiger partial charge in [0, 0.05) is 16.9 Å². The molecular weight excluding hydrogens is 268 g/mol. The van der Waals surface area contributed by atoms with Crippen molar-refractivity contribution in [2.45, 2.75) is 11.9 Å². The van der Waals surface area contributed by atoms with Crippen LogP contribution in [0, 0.1) is 0 Å². The van der Waals surface area contributed by atoms with E-state index in [0.717, 1.165) is 10.9 Å². The van der Waals surface area contributed by atoms with Crippen LogP contribution in [-0.2, 0) is 5.75 Å². The van der Waals surface area contributed by atoms with Gasteiger partial charge in [-0.2, -0.15) is 11.8 Å². The smallest absolute Gasteiger partial charge is 0.371 e. The Morgan fingerprint density at radius 3 is 2.84 bits per heavy atom. The van der Waals surface area contributed by atoms with Gasteiger partial charge < -0.3 is 19.7 Å². The van der Waals surface area contributed by atoms with Gasteiger partial charge in [-0.1, -0.05) is 6.07 Å². The lowest BCUT2D eigenvalue weighted by Crippen LogP contribution is -2.14. The fourth-order valence-electron chi connectivity index (χ4n) is 1.65. The zero-order chi connectivity index (χ0) is 13.8. The third-order valence-electron chi connectivity index (χ3n) is 2.58. The summed E-state index contributed by atoms with van der Waals surface area (Å²) in [5, 5.41) is 27.5. The van der Waals surface area contributed by atoms with E-state index in [9.17, 15) is 9.90 Å². The number of thioether (sulfide) groups is 1. The molecule has 0 radical (unpaired) electrons. The number of rotatable bonds is 6. The number of fused-ring (bicyclic) bond motifs is 1. The SMILES string of the molecule is O=C(O)c1cc2cc(CSCC(O)CO)ccc2o1. The number of aliphatic hydroxyl groups is 2. The molecule has 0 saturated carbocycles. The molecule has 2 aromatic rings. The third-order valence-corrected chi connectivity index (χ3v) is 3.74. The van der Waals surface area contributed by atoms with E-state index >= 15 is 0 Å². The predicted molar refractivity (Wildman–Crippen MR) is 72.4 cm³/mol. The van der Waals surface area contributed by atoms with Gasteiger partial charge in [0.15, 0.2) is 0 Å². The van der Waals surface area contributed by atoms with Crippen LogP contribution in [0.15, 0.2) is 28.7 Å². The molecule has 1 unspecified atom stereocenters. The van der Waals surface area contributed by atoms with Gasteiger partial charge in [0.05, 0.1) is 12.7 Å². The van der Waals surface area contributed by atoms with E-state index in [2.05, 4.69) is 0 Å². The monoisotopic (exact) mass is 282 g/mol. The molecule has 1 atom stereocenters. The summed E-state index contributed by atoms with van der Waals surface area (Å²) in [5.41, 5.74) is 1.56. The molecule has 102 valence electrons. The van der Waals surface area contributed by atoms with Crippen molar-refractivity contribution in [2.75, 3.05) is 12.4 Å². The molecule has 0 aliphatic carbocycles. The minimum absolute atomic E-state index is 0.0736. The normalized spacial score (nSPS) is 12.7. The number of benzene rings is 1. The summed E-state index contributed by atoms with van der Waals surface area (Å²) in [6, 6.07) is 6.95. The minimum Gasteiger partial charge on any atom is -0.475 e. The molecule has 1 aromatic heterocycles. The van der Waals surface area contributed by atoms with Crippen LogP contribution in [-0.4, -0.2) is 39.8 Å². The average Bonchev–Trinajstić information content (AvgIpc) is 2.81. The van der Waals surface area contributed by atoms with Gasteiger partial charge in [-0.3, -0.25) is 0 Å². The summed E-state index contributed by atoms with van der Waals surface area (Å²) in [7, 11) is 0. The van der Waals surface area contributed by atoms with E-state index in [1.165, 1.54) is 17.8 Å². The van der Waals surface area contributed by atoms with Gasteiger partial charge in [0.25, 0.3) is 0 Å². The van der Waals surface area contributed by atoms with Crippen molar-refractivity contribution in [1.82, 2.24) is 0 Å². The van der Waals surface area contributed by atoms with Crippen LogP contribution in [0.1, 0.15) is 16.1 Å². The van der Waals surface area contributed by atoms with Crippen LogP contribution < -0.4 is 0 Å². The fraction of sp³-hybridized carbons (Fsp3) is 0.308. The van der Waals surface area contributed by atoms with Gasteiger partial charge in [0.1, 0.15) is 5.58 Å². The van der Waals surface area contributed by atoms with E-state index < -0.39 is 12.1 Å². The van der Waals surface area contributed by atoms with Crippen molar-refractivity contribution >= 4 is 28.7 Å². The van der Waals surface area contributed by atoms with Gasteiger partial charge in [0.2, 0.25) is 5.76 Å². The zero-order valence-corrected chi connectivity index (χ0v) is 10.9. The van der Waals surface area contributed by atoms with Gasteiger partial charge in [-0.15, -0.1) is 0 Å². The molecule has 3 N–H and O–H groups in total. The predicted octanol–water partition coefficient (Wildman–Crippen LogP) is 1.72. The Hall–Kier alpha value is -1.50. The van der Waals surface area contributed by atoms with Crippen molar-refractivity contribution in [3.8, 4) is 0 Å². The number of carboxylic acid groups (broad SMARTS) is 1. The lowest BCUT2D eigenvalue weighted by molar-refractivity contribution is 0.0665. The van der Waals surface area contributed by atoms with E-state index in [1.54, 1.807) is 6.07 Å². The topological polar surface area (TPSA) is 90.9 Å². The molecule has 1 aromatic carbocycles. The highest BCUT2D eigenvalue weighted by atomic mass is 32.2. The molecule has 0 aliphatic heterocycles. The van der Waals surface area contributed by atoms with Crippen LogP contribution in [0.25, 0.3) is 11.0 Å². The highest BCUT2D eigenvalue weighted by Crippen LogP contribution is 2.23. The van der Waals surface area contributed by atoms with Crippen molar-refractivity contribution in [1.29, 1.82) is 0 Å². The Bertz CT molecular complexity index is 577. The van der Waals surface area contributed by atoms with Crippen LogP contribution >= 0.6 is 11.8 Å². The van der Waals surface area contributed by atoms with Crippen molar-refractivity contribution in [3.05, 3.63) is 35.6 Å². The van der Waals surface area contributed by atoms with E-state index in [-0.39, 0.29) is 12.4 Å². The standard InChI is InChI=1S/C13H14O5S/c14-5-10(15)7-19-6-8-1-2-11-9(3-8)4-12(18-11)13(16)17/h1-4,10,14-15H,5-7H2,(H,16,17). The Labute approximate surface area is 113 Å². The summed E-state index contributed by atoms with van der Waals surface area (Å²) in [6.07, 6.45) is -0.707. The summed E-state index contributed by atoms with van der Waals surface area (Å²) in [6.45, 7) is -0.240. The first-order valence-electron chi connectivity index (χ1n) is 5.72. The quantitative estimate of drug-likeness (QED) is 0.747. The average molecular weight is 282 g/mol. The molecule has 0 fully saturated rings. The summed E-state index contributed by atoms with van der Waals surface area (Å²) in [4.78, 5) is 10.8. The number of aliphatic hydroxyl groups excluding tert-OH is 2. The molecule has 1 heterocycles. The summed E-state index contributed by atoms with van der Waals surface area (Å²) >= 11 is 1.50. The fourth-order valence-corrected chi connectivity index (χ4v) is 2.56. The second-order valence-corrected chi connectivity index (χ2v) is 5.17. The molecule has 19 heavy (non-hydrogen) atoms. The number of aromatic carboxylic acids is 1. The number of hydrogen-bond donors (Lipinski definition) is 3. The highest BCUT2D eigenvalue weighted by molar-refractivity contribution is 7.98. The van der Waals surface area contributed by atoms with E-state index in [0.29, 0.717) is 17.1 Å². The van der Waals surface area contributed by atoms with Crippen LogP contribution in [0.3, 0.4) is 0 Å². The molecule has 2 rings (SSSR count). The Balaban J connectivity index is 2.06. The lowest BCUT2D eigenvalue weighted by atomic mass is 10.2. The Morgan fingerprint density at radius 1 is 1.37 bits per heavy atom. The largest absolute Gasteiger partial charge is 0.475 e. The number of carboxylic acids is 1. The van der Waals surface area contributed by atoms with E-state index in [1.807, 2.05) is 12.1 Å². The maximum Gasteiger partial charge on any atom is 0.371 e. The van der Waals surface area contributed by atoms with Crippen molar-refractivity contribution < 1.29 is 24.5 Å². The van der Waals surface area contributed by atoms with Crippen molar-refractivity contribution in [3.63, 3.8) is 0 Å². The number of hydrogen-bond acceptors (Lipinski definition) is 5. The molecule has 6 heteroatoms. The summed E-state index contributed by atoms with van der Waals surface area (Å²) < 4.78 is 5.17. The first-order valence-corrected chi connectivity index (χ1v) is 6.88. The molecule has 0 saturated heterocycles. The Morgan fingerprint density at radius 2 is 2.16 bits per heavy atom. The van der Waals surface area contributed by atoms with Crippen LogP contribution in [0.5, 0.6) is 0 Å². The zero-order valence-electron chi connectivity index (χ0n) is 10.1. The number of furan rings is 1. The van der Waals surface area contributed by atoms with Crippen LogP contribution in [0.2, 0.25) is 0 Å². The first kappa shape index (κ1) is 13.9. The van der Waals surface area contributed by atoms with Crippen molar-refractivity contribution in [2.24, 2.45) is 0 Å². The first-order chi connectivity index (χ1) is 9.10. The molecule has 0 bridgehead atoms. The van der Waals surface area contributed by atoms with E-state index in [4.69, 9.17) is 14.6 Å². The van der Waals surface area contributed by atoms with Crippen LogP contribution in [0.4, 0.5) is 0 Å². The molecular formula is C13H14O5S. The maximum atomic E-state index is 10.8. The molecule has 0 amide bonds. The second kappa shape index (κ2) is 6.10. The lowest BCUT2D eigenvalue weighted by Gasteiger charge is -2.06. The van der Waals surface area contributed by atoms with Gasteiger partial charge in [-0.25, -0.2) is 4.79 Å². The Kier molecular flexibility index (Phi) is 4.47. The van der Waals surface area contributed by atoms with Gasteiger partial charge >= 0.3 is 5.97 Å². The maximum absolute atomic E-state index is 10.8. The molecule has 0 spiro atoms. The molecule has 5 nitrogen and oxygen atoms in total. The van der Waals surface area contributed by atoms with Gasteiger partial charge in [-0.05, 0) is 23.8 Å². The minimum atomic E-state index is -1.09. The highest BCUT2D eigenvalue weighted by Gasteiger charge is 2.10. The number of carbonyl (C=O) groups is 1. The summed E-state index contributed by atoms with van der Waals surface area (Å²) in [5.74, 6) is -0.0188.